The molecule has 0 aliphatic rings. The average Bonchev–Trinajstić information content (AvgIpc) is 2.81. The highest BCUT2D eigenvalue weighted by atomic mass is 32.1. The Balaban J connectivity index is 2.33. The van der Waals surface area contributed by atoms with Crippen LogP contribution in [0.3, 0.4) is 0 Å². The zero-order valence-electron chi connectivity index (χ0n) is 10.1. The van der Waals surface area contributed by atoms with E-state index in [1.54, 1.807) is 17.6 Å². The number of benzene rings is 1. The third-order valence-electron chi connectivity index (χ3n) is 2.34. The minimum absolute atomic E-state index is 0.228. The number of carbonyl (C=O) groups excluding carboxylic acids is 2. The maximum absolute atomic E-state index is 13.9. The number of thiazole rings is 1. The lowest BCUT2D eigenvalue weighted by Gasteiger charge is -2.09. The van der Waals surface area contributed by atoms with E-state index >= 15 is 0 Å². The molecule has 2 aromatic rings. The molecule has 0 spiro atoms. The molecule has 19 heavy (non-hydrogen) atoms. The van der Waals surface area contributed by atoms with Gasteiger partial charge in [0.05, 0.1) is 17.7 Å². The Hall–Kier alpha value is -2.08. The van der Waals surface area contributed by atoms with E-state index in [0.29, 0.717) is 10.7 Å². The molecule has 0 saturated carbocycles. The summed E-state index contributed by atoms with van der Waals surface area (Å²) < 4.78 is 13.9. The van der Waals surface area contributed by atoms with E-state index in [9.17, 15) is 14.0 Å². The molecule has 0 saturated heterocycles. The summed E-state index contributed by atoms with van der Waals surface area (Å²) in [7, 11) is 0. The van der Waals surface area contributed by atoms with E-state index in [-0.39, 0.29) is 17.8 Å². The zero-order chi connectivity index (χ0) is 13.8. The van der Waals surface area contributed by atoms with E-state index in [4.69, 9.17) is 0 Å². The fraction of sp³-hybridized carbons (Fsp3) is 0.154. The second-order valence-corrected chi connectivity index (χ2v) is 4.82. The van der Waals surface area contributed by atoms with Gasteiger partial charge in [-0.25, -0.2) is 9.37 Å². The fourth-order valence-corrected chi connectivity index (χ4v) is 2.31. The molecule has 6 heteroatoms. The maximum atomic E-state index is 13.9. The predicted molar refractivity (Wildman–Crippen MR) is 71.4 cm³/mol. The molecule has 0 atom stereocenters. The van der Waals surface area contributed by atoms with Gasteiger partial charge in [0, 0.05) is 11.6 Å². The van der Waals surface area contributed by atoms with Gasteiger partial charge < -0.3 is 5.32 Å². The van der Waals surface area contributed by atoms with Crippen molar-refractivity contribution in [3.8, 4) is 10.6 Å². The van der Waals surface area contributed by atoms with Crippen molar-refractivity contribution in [2.75, 3.05) is 5.32 Å². The summed E-state index contributed by atoms with van der Waals surface area (Å²) in [5.74, 6) is -1.17. The number of nitrogens with zero attached hydrogens (tertiary/aromatic N) is 1. The highest BCUT2D eigenvalue weighted by Gasteiger charge is 2.15. The monoisotopic (exact) mass is 278 g/mol. The lowest BCUT2D eigenvalue weighted by molar-refractivity contribution is -0.124. The van der Waals surface area contributed by atoms with Crippen molar-refractivity contribution >= 4 is 28.7 Å². The fourth-order valence-electron chi connectivity index (χ4n) is 1.61. The molecule has 1 amide bonds. The van der Waals surface area contributed by atoms with Crippen molar-refractivity contribution in [3.63, 3.8) is 0 Å². The number of anilines is 1. The number of halogens is 1. The quantitative estimate of drug-likeness (QED) is 0.875. The van der Waals surface area contributed by atoms with Gasteiger partial charge in [-0.3, -0.25) is 9.59 Å². The largest absolute Gasteiger partial charge is 0.325 e. The molecule has 0 radical (unpaired) electrons. The van der Waals surface area contributed by atoms with Crippen LogP contribution in [0, 0.1) is 5.82 Å². The van der Waals surface area contributed by atoms with Crippen LogP contribution in [0.25, 0.3) is 10.6 Å². The van der Waals surface area contributed by atoms with Gasteiger partial charge in [0.2, 0.25) is 5.91 Å². The van der Waals surface area contributed by atoms with E-state index in [1.807, 2.05) is 0 Å². The minimum Gasteiger partial charge on any atom is -0.325 e. The number of ketones is 1. The predicted octanol–water partition coefficient (Wildman–Crippen LogP) is 2.87. The third kappa shape index (κ3) is 3.23. The summed E-state index contributed by atoms with van der Waals surface area (Å²) in [5, 5.41) is 4.75. The standard InChI is InChI=1S/C13H11FN2O2S/c1-8(17)7-11(18)16-10-4-2-3-9(14)12(10)13-15-5-6-19-13/h2-6H,7H2,1H3,(H,16,18). The first-order valence-corrected chi connectivity index (χ1v) is 6.43. The Labute approximate surface area is 113 Å². The molecule has 0 fully saturated rings. The maximum Gasteiger partial charge on any atom is 0.231 e. The van der Waals surface area contributed by atoms with Crippen molar-refractivity contribution in [2.45, 2.75) is 13.3 Å². The highest BCUT2D eigenvalue weighted by Crippen LogP contribution is 2.32. The summed E-state index contributed by atoms with van der Waals surface area (Å²) in [5.41, 5.74) is 0.565. The summed E-state index contributed by atoms with van der Waals surface area (Å²) in [4.78, 5) is 26.5. The van der Waals surface area contributed by atoms with Gasteiger partial charge in [0.15, 0.2) is 0 Å². The van der Waals surface area contributed by atoms with E-state index in [1.165, 1.54) is 30.4 Å². The SMILES string of the molecule is CC(=O)CC(=O)Nc1cccc(F)c1-c1nccs1. The highest BCUT2D eigenvalue weighted by molar-refractivity contribution is 7.13. The number of carbonyl (C=O) groups is 2. The number of hydrogen-bond donors (Lipinski definition) is 1. The third-order valence-corrected chi connectivity index (χ3v) is 3.13. The number of amides is 1. The molecule has 0 bridgehead atoms. The van der Waals surface area contributed by atoms with Crippen molar-refractivity contribution in [3.05, 3.63) is 35.6 Å². The first-order valence-electron chi connectivity index (χ1n) is 5.55. The Morgan fingerprint density at radius 2 is 2.21 bits per heavy atom. The molecule has 1 aromatic heterocycles. The minimum atomic E-state index is -0.462. The number of Topliss-reactive ketones (excluding diaryl/α,β-unsaturated/α-hetero) is 1. The van der Waals surface area contributed by atoms with Crippen LogP contribution in [0.2, 0.25) is 0 Å². The van der Waals surface area contributed by atoms with Crippen molar-refractivity contribution in [2.24, 2.45) is 0 Å². The summed E-state index contributed by atoms with van der Waals surface area (Å²) in [6.07, 6.45) is 1.33. The number of aromatic nitrogens is 1. The lowest BCUT2D eigenvalue weighted by Crippen LogP contribution is -2.15. The van der Waals surface area contributed by atoms with Crippen LogP contribution in [0.15, 0.2) is 29.8 Å². The number of hydrogen-bond acceptors (Lipinski definition) is 4. The Kier molecular flexibility index (Phi) is 4.01. The summed E-state index contributed by atoms with van der Waals surface area (Å²) >= 11 is 1.28. The van der Waals surface area contributed by atoms with Crippen LogP contribution in [0.5, 0.6) is 0 Å². The number of rotatable bonds is 4. The smallest absolute Gasteiger partial charge is 0.231 e. The summed E-state index contributed by atoms with van der Waals surface area (Å²) in [6.45, 7) is 1.33. The van der Waals surface area contributed by atoms with Gasteiger partial charge >= 0.3 is 0 Å². The molecule has 0 aliphatic heterocycles. The molecule has 0 aliphatic carbocycles. The van der Waals surface area contributed by atoms with Gasteiger partial charge in [-0.15, -0.1) is 11.3 Å². The average molecular weight is 278 g/mol. The second kappa shape index (κ2) is 5.71. The van der Waals surface area contributed by atoms with Gasteiger partial charge in [-0.05, 0) is 19.1 Å². The summed E-state index contributed by atoms with van der Waals surface area (Å²) in [6, 6.07) is 4.38. The van der Waals surface area contributed by atoms with Crippen molar-refractivity contribution in [1.29, 1.82) is 0 Å². The lowest BCUT2D eigenvalue weighted by atomic mass is 10.1. The van der Waals surface area contributed by atoms with Crippen LogP contribution in [-0.2, 0) is 9.59 Å². The zero-order valence-corrected chi connectivity index (χ0v) is 11.0. The van der Waals surface area contributed by atoms with E-state index in [2.05, 4.69) is 10.3 Å². The first-order chi connectivity index (χ1) is 9.08. The molecular weight excluding hydrogens is 267 g/mol. The molecular formula is C13H11FN2O2S. The van der Waals surface area contributed by atoms with Gasteiger partial charge in [0.1, 0.15) is 16.6 Å². The Bertz CT molecular complexity index is 611. The normalized spacial score (nSPS) is 10.2. The molecule has 1 heterocycles. The second-order valence-electron chi connectivity index (χ2n) is 3.93. The molecule has 4 nitrogen and oxygen atoms in total. The van der Waals surface area contributed by atoms with Crippen LogP contribution in [0.4, 0.5) is 10.1 Å². The van der Waals surface area contributed by atoms with Gasteiger partial charge in [-0.1, -0.05) is 6.07 Å². The van der Waals surface area contributed by atoms with Crippen molar-refractivity contribution < 1.29 is 14.0 Å². The van der Waals surface area contributed by atoms with Gasteiger partial charge in [0.25, 0.3) is 0 Å². The Morgan fingerprint density at radius 3 is 2.84 bits per heavy atom. The molecule has 1 N–H and O–H groups in total. The van der Waals surface area contributed by atoms with Gasteiger partial charge in [-0.2, -0.15) is 0 Å². The molecule has 2 rings (SSSR count). The molecule has 0 unspecified atom stereocenters. The van der Waals surface area contributed by atoms with Crippen LogP contribution >= 0.6 is 11.3 Å². The van der Waals surface area contributed by atoms with Crippen LogP contribution in [-0.4, -0.2) is 16.7 Å². The van der Waals surface area contributed by atoms with E-state index < -0.39 is 11.7 Å². The molecule has 1 aromatic carbocycles. The van der Waals surface area contributed by atoms with Crippen LogP contribution in [0.1, 0.15) is 13.3 Å². The van der Waals surface area contributed by atoms with Crippen molar-refractivity contribution in [1.82, 2.24) is 4.98 Å². The van der Waals surface area contributed by atoms with E-state index in [0.717, 1.165) is 0 Å². The number of nitrogens with one attached hydrogen (secondary N) is 1. The molecule has 98 valence electrons. The Morgan fingerprint density at radius 1 is 1.42 bits per heavy atom. The van der Waals surface area contributed by atoms with Crippen LogP contribution < -0.4 is 5.32 Å². The topological polar surface area (TPSA) is 59.1 Å². The first kappa shape index (κ1) is 13.4.